The van der Waals surface area contributed by atoms with E-state index >= 15 is 0 Å². The van der Waals surface area contributed by atoms with Gasteiger partial charge in [-0.3, -0.25) is 14.7 Å². The number of nitrogens with zero attached hydrogens (tertiary/aromatic N) is 3. The normalized spacial score (nSPS) is 19.9. The van der Waals surface area contributed by atoms with E-state index in [0.29, 0.717) is 6.04 Å². The summed E-state index contributed by atoms with van der Waals surface area (Å²) in [5, 5.41) is 6.80. The van der Waals surface area contributed by atoms with E-state index in [4.69, 9.17) is 0 Å². The number of guanidine groups is 1. The SMILES string of the molecule is CN=C(NCCN1CCN(C(C)=O)CC1)NC1CC=CC1.I. The first kappa shape index (κ1) is 19.2. The van der Waals surface area contributed by atoms with Crippen LogP contribution in [0.25, 0.3) is 0 Å². The molecule has 6 nitrogen and oxygen atoms in total. The van der Waals surface area contributed by atoms with Crippen LogP contribution < -0.4 is 10.6 Å². The summed E-state index contributed by atoms with van der Waals surface area (Å²) in [6.45, 7) is 7.10. The van der Waals surface area contributed by atoms with Gasteiger partial charge < -0.3 is 15.5 Å². The smallest absolute Gasteiger partial charge is 0.219 e. The number of halogens is 1. The molecule has 22 heavy (non-hydrogen) atoms. The first-order valence-corrected chi connectivity index (χ1v) is 7.79. The minimum atomic E-state index is 0. The van der Waals surface area contributed by atoms with Crippen molar-refractivity contribution >= 4 is 35.8 Å². The van der Waals surface area contributed by atoms with Crippen LogP contribution in [0.4, 0.5) is 0 Å². The highest BCUT2D eigenvalue weighted by atomic mass is 127. The highest BCUT2D eigenvalue weighted by molar-refractivity contribution is 14.0. The van der Waals surface area contributed by atoms with Crippen molar-refractivity contribution in [2.45, 2.75) is 25.8 Å². The molecule has 0 spiro atoms. The lowest BCUT2D eigenvalue weighted by Gasteiger charge is -2.34. The molecule has 1 aliphatic heterocycles. The van der Waals surface area contributed by atoms with Crippen molar-refractivity contribution in [2.75, 3.05) is 46.3 Å². The molecule has 0 aromatic rings. The lowest BCUT2D eigenvalue weighted by Crippen LogP contribution is -2.50. The molecule has 2 aliphatic rings. The molecule has 0 bridgehead atoms. The number of rotatable bonds is 4. The summed E-state index contributed by atoms with van der Waals surface area (Å²) in [6.07, 6.45) is 6.57. The maximum atomic E-state index is 11.3. The van der Waals surface area contributed by atoms with Gasteiger partial charge in [0.25, 0.3) is 0 Å². The Morgan fingerprint density at radius 2 is 1.86 bits per heavy atom. The Morgan fingerprint density at radius 1 is 1.23 bits per heavy atom. The minimum absolute atomic E-state index is 0. The van der Waals surface area contributed by atoms with Gasteiger partial charge in [-0.2, -0.15) is 0 Å². The van der Waals surface area contributed by atoms with Crippen molar-refractivity contribution in [2.24, 2.45) is 4.99 Å². The highest BCUT2D eigenvalue weighted by Gasteiger charge is 2.18. The van der Waals surface area contributed by atoms with E-state index in [-0.39, 0.29) is 29.9 Å². The van der Waals surface area contributed by atoms with Crippen molar-refractivity contribution in [3.8, 4) is 0 Å². The van der Waals surface area contributed by atoms with Crippen molar-refractivity contribution in [3.63, 3.8) is 0 Å². The lowest BCUT2D eigenvalue weighted by atomic mass is 10.2. The standard InChI is InChI=1S/C15H27N5O.HI/c1-13(21)20-11-9-19(10-12-20)8-7-17-15(16-2)18-14-5-3-4-6-14;/h3-4,14H,5-12H2,1-2H3,(H2,16,17,18);1H. The van der Waals surface area contributed by atoms with Crippen LogP contribution in [0, 0.1) is 0 Å². The summed E-state index contributed by atoms with van der Waals surface area (Å²) in [6, 6.07) is 0.482. The number of amides is 1. The average molecular weight is 421 g/mol. The van der Waals surface area contributed by atoms with Gasteiger partial charge in [-0.15, -0.1) is 24.0 Å². The van der Waals surface area contributed by atoms with Gasteiger partial charge in [0, 0.05) is 59.3 Å². The van der Waals surface area contributed by atoms with Gasteiger partial charge in [-0.05, 0) is 12.8 Å². The van der Waals surface area contributed by atoms with Crippen LogP contribution in [0.1, 0.15) is 19.8 Å². The van der Waals surface area contributed by atoms with Crippen LogP contribution >= 0.6 is 24.0 Å². The highest BCUT2D eigenvalue weighted by Crippen LogP contribution is 2.08. The Kier molecular flexibility index (Phi) is 8.77. The summed E-state index contributed by atoms with van der Waals surface area (Å²) in [5.41, 5.74) is 0. The minimum Gasteiger partial charge on any atom is -0.355 e. The average Bonchev–Trinajstić information content (AvgIpc) is 2.99. The Morgan fingerprint density at radius 3 is 2.41 bits per heavy atom. The van der Waals surface area contributed by atoms with Crippen molar-refractivity contribution in [1.29, 1.82) is 0 Å². The number of hydrogen-bond donors (Lipinski definition) is 2. The molecule has 0 aromatic heterocycles. The fourth-order valence-corrected chi connectivity index (χ4v) is 2.74. The van der Waals surface area contributed by atoms with E-state index in [1.54, 1.807) is 6.92 Å². The fraction of sp³-hybridized carbons (Fsp3) is 0.733. The molecular formula is C15H28IN5O. The van der Waals surface area contributed by atoms with Crippen LogP contribution in [0.15, 0.2) is 17.1 Å². The predicted molar refractivity (Wildman–Crippen MR) is 101 cm³/mol. The van der Waals surface area contributed by atoms with Gasteiger partial charge in [-0.25, -0.2) is 0 Å². The zero-order chi connectivity index (χ0) is 15.1. The molecule has 2 N–H and O–H groups in total. The van der Waals surface area contributed by atoms with Gasteiger partial charge in [0.15, 0.2) is 5.96 Å². The van der Waals surface area contributed by atoms with Crippen LogP contribution in [0.2, 0.25) is 0 Å². The summed E-state index contributed by atoms with van der Waals surface area (Å²) < 4.78 is 0. The van der Waals surface area contributed by atoms with Crippen LogP contribution in [0.3, 0.4) is 0 Å². The predicted octanol–water partition coefficient (Wildman–Crippen LogP) is 0.652. The molecule has 1 heterocycles. The third-order valence-electron chi connectivity index (χ3n) is 4.11. The van der Waals surface area contributed by atoms with Crippen molar-refractivity contribution in [1.82, 2.24) is 20.4 Å². The Bertz CT molecular complexity index is 397. The quantitative estimate of drug-likeness (QED) is 0.303. The molecule has 1 saturated heterocycles. The zero-order valence-corrected chi connectivity index (χ0v) is 15.9. The van der Waals surface area contributed by atoms with Crippen LogP contribution in [0.5, 0.6) is 0 Å². The first-order valence-electron chi connectivity index (χ1n) is 7.79. The van der Waals surface area contributed by atoms with Gasteiger partial charge in [-0.1, -0.05) is 12.2 Å². The van der Waals surface area contributed by atoms with E-state index in [1.165, 1.54) is 0 Å². The summed E-state index contributed by atoms with van der Waals surface area (Å²) in [7, 11) is 1.81. The second-order valence-electron chi connectivity index (χ2n) is 5.63. The van der Waals surface area contributed by atoms with Gasteiger partial charge >= 0.3 is 0 Å². The second-order valence-corrected chi connectivity index (χ2v) is 5.63. The molecule has 126 valence electrons. The third-order valence-corrected chi connectivity index (χ3v) is 4.11. The molecule has 0 saturated carbocycles. The summed E-state index contributed by atoms with van der Waals surface area (Å²) >= 11 is 0. The number of carbonyl (C=O) groups excluding carboxylic acids is 1. The largest absolute Gasteiger partial charge is 0.355 e. The topological polar surface area (TPSA) is 60.0 Å². The van der Waals surface area contributed by atoms with Crippen molar-refractivity contribution < 1.29 is 4.79 Å². The Labute approximate surface area is 150 Å². The van der Waals surface area contributed by atoms with Crippen LogP contribution in [-0.4, -0.2) is 74.0 Å². The fourth-order valence-electron chi connectivity index (χ4n) is 2.74. The molecule has 2 rings (SSSR count). The molecule has 0 atom stereocenters. The maximum absolute atomic E-state index is 11.3. The number of carbonyl (C=O) groups is 1. The van der Waals surface area contributed by atoms with Gasteiger partial charge in [0.05, 0.1) is 0 Å². The lowest BCUT2D eigenvalue weighted by molar-refractivity contribution is -0.130. The molecule has 7 heteroatoms. The number of hydrogen-bond acceptors (Lipinski definition) is 3. The molecular weight excluding hydrogens is 393 g/mol. The molecule has 1 aliphatic carbocycles. The number of nitrogens with one attached hydrogen (secondary N) is 2. The second kappa shape index (κ2) is 10.0. The van der Waals surface area contributed by atoms with E-state index in [9.17, 15) is 4.79 Å². The molecule has 0 aromatic carbocycles. The van der Waals surface area contributed by atoms with Crippen molar-refractivity contribution in [3.05, 3.63) is 12.2 Å². The van der Waals surface area contributed by atoms with Crippen LogP contribution in [-0.2, 0) is 4.79 Å². The van der Waals surface area contributed by atoms with E-state index in [1.807, 2.05) is 11.9 Å². The van der Waals surface area contributed by atoms with E-state index < -0.39 is 0 Å². The number of aliphatic imine (C=N–C) groups is 1. The maximum Gasteiger partial charge on any atom is 0.219 e. The monoisotopic (exact) mass is 421 g/mol. The summed E-state index contributed by atoms with van der Waals surface area (Å²) in [4.78, 5) is 19.8. The third kappa shape index (κ3) is 6.12. The molecule has 1 fully saturated rings. The molecule has 1 amide bonds. The Balaban J connectivity index is 0.00000242. The molecule has 0 unspecified atom stereocenters. The van der Waals surface area contributed by atoms with E-state index in [2.05, 4.69) is 32.7 Å². The van der Waals surface area contributed by atoms with E-state index in [0.717, 1.165) is 58.1 Å². The molecule has 0 radical (unpaired) electrons. The number of piperazine rings is 1. The summed E-state index contributed by atoms with van der Waals surface area (Å²) in [5.74, 6) is 1.06. The zero-order valence-electron chi connectivity index (χ0n) is 13.5. The van der Waals surface area contributed by atoms with Gasteiger partial charge in [0.2, 0.25) is 5.91 Å². The first-order chi connectivity index (χ1) is 10.2. The Hall–Kier alpha value is -0.830. The van der Waals surface area contributed by atoms with Gasteiger partial charge in [0.1, 0.15) is 0 Å².